The van der Waals surface area contributed by atoms with Crippen LogP contribution in [0.15, 0.2) is 18.2 Å². The van der Waals surface area contributed by atoms with Gasteiger partial charge in [0.05, 0.1) is 6.54 Å². The van der Waals surface area contributed by atoms with Crippen LogP contribution in [0.3, 0.4) is 0 Å². The number of amides is 1. The highest BCUT2D eigenvalue weighted by Crippen LogP contribution is 2.20. The third-order valence-corrected chi connectivity index (χ3v) is 3.11. The molecule has 1 aromatic rings. The minimum absolute atomic E-state index is 0.0640. The summed E-state index contributed by atoms with van der Waals surface area (Å²) in [5, 5.41) is 8.95. The van der Waals surface area contributed by atoms with Gasteiger partial charge in [-0.2, -0.15) is 0 Å². The Kier molecular flexibility index (Phi) is 3.97. The fourth-order valence-electron chi connectivity index (χ4n) is 1.11. The van der Waals surface area contributed by atoms with E-state index in [2.05, 4.69) is 28.5 Å². The van der Waals surface area contributed by atoms with Gasteiger partial charge in [-0.1, -0.05) is 12.0 Å². The van der Waals surface area contributed by atoms with Crippen molar-refractivity contribution in [2.45, 2.75) is 6.92 Å². The van der Waals surface area contributed by atoms with Crippen LogP contribution in [-0.2, 0) is 0 Å². The third kappa shape index (κ3) is 2.86. The molecule has 15 heavy (non-hydrogen) atoms. The molecule has 1 amide bonds. The number of carboxylic acid groups (broad SMARTS) is 1. The van der Waals surface area contributed by atoms with Gasteiger partial charge in [0.1, 0.15) is 0 Å². The Morgan fingerprint density at radius 3 is 2.80 bits per heavy atom. The van der Waals surface area contributed by atoms with E-state index in [1.54, 1.807) is 12.1 Å². The molecule has 0 heterocycles. The van der Waals surface area contributed by atoms with Crippen molar-refractivity contribution in [1.82, 2.24) is 0 Å². The zero-order valence-corrected chi connectivity index (χ0v) is 10.4. The van der Waals surface area contributed by atoms with Crippen LogP contribution < -0.4 is 4.90 Å². The van der Waals surface area contributed by atoms with Crippen molar-refractivity contribution in [3.63, 3.8) is 0 Å². The lowest BCUT2D eigenvalue weighted by Crippen LogP contribution is -2.29. The van der Waals surface area contributed by atoms with Gasteiger partial charge < -0.3 is 5.11 Å². The molecule has 0 bridgehead atoms. The molecule has 0 saturated heterocycles. The summed E-state index contributed by atoms with van der Waals surface area (Å²) in [7, 11) is 0. The first-order chi connectivity index (χ1) is 7.06. The average molecular weight is 315 g/mol. The third-order valence-electron chi connectivity index (χ3n) is 1.95. The maximum Gasteiger partial charge on any atom is 0.412 e. The number of nitrogens with zero attached hydrogens (tertiary/aromatic N) is 1. The Balaban J connectivity index is 3.07. The molecule has 0 aromatic heterocycles. The lowest BCUT2D eigenvalue weighted by Gasteiger charge is -2.17. The molecule has 0 aliphatic rings. The van der Waals surface area contributed by atoms with E-state index >= 15 is 0 Å². The van der Waals surface area contributed by atoms with Crippen molar-refractivity contribution in [2.75, 3.05) is 11.4 Å². The maximum absolute atomic E-state index is 10.9. The SMILES string of the molecule is C#CCN(C(=O)O)c1ccc(C)c(I)c1. The van der Waals surface area contributed by atoms with Gasteiger partial charge in [-0.05, 0) is 47.2 Å². The number of halogens is 1. The van der Waals surface area contributed by atoms with Crippen molar-refractivity contribution in [2.24, 2.45) is 0 Å². The molecule has 3 nitrogen and oxygen atoms in total. The Hall–Kier alpha value is -1.22. The van der Waals surface area contributed by atoms with Gasteiger partial charge >= 0.3 is 6.09 Å². The van der Waals surface area contributed by atoms with Crippen LogP contribution in [0.1, 0.15) is 5.56 Å². The number of hydrogen-bond donors (Lipinski definition) is 1. The quantitative estimate of drug-likeness (QED) is 0.673. The van der Waals surface area contributed by atoms with Crippen LogP contribution in [0.25, 0.3) is 0 Å². The topological polar surface area (TPSA) is 40.5 Å². The molecule has 4 heteroatoms. The molecular weight excluding hydrogens is 305 g/mol. The van der Waals surface area contributed by atoms with Gasteiger partial charge in [0.25, 0.3) is 0 Å². The first kappa shape index (κ1) is 11.9. The first-order valence-electron chi connectivity index (χ1n) is 4.26. The molecule has 1 N–H and O–H groups in total. The summed E-state index contributed by atoms with van der Waals surface area (Å²) >= 11 is 2.16. The molecule has 0 atom stereocenters. The molecule has 0 aliphatic carbocycles. The Bertz CT molecular complexity index is 423. The van der Waals surface area contributed by atoms with E-state index in [4.69, 9.17) is 11.5 Å². The first-order valence-corrected chi connectivity index (χ1v) is 5.34. The Labute approximate surface area is 102 Å². The van der Waals surface area contributed by atoms with Gasteiger partial charge in [-0.25, -0.2) is 4.79 Å². The standard InChI is InChI=1S/C11H10INO2/c1-3-6-13(11(14)15)9-5-4-8(2)10(12)7-9/h1,4-5,7H,6H2,2H3,(H,14,15). The summed E-state index contributed by atoms with van der Waals surface area (Å²) in [5.41, 5.74) is 1.72. The molecule has 0 unspecified atom stereocenters. The predicted octanol–water partition coefficient (Wildman–Crippen LogP) is 2.72. The average Bonchev–Trinajstić information content (AvgIpc) is 2.18. The van der Waals surface area contributed by atoms with E-state index in [9.17, 15) is 4.79 Å². The van der Waals surface area contributed by atoms with Crippen molar-refractivity contribution < 1.29 is 9.90 Å². The zero-order chi connectivity index (χ0) is 11.4. The second-order valence-corrected chi connectivity index (χ2v) is 4.17. The van der Waals surface area contributed by atoms with E-state index in [1.165, 1.54) is 0 Å². The van der Waals surface area contributed by atoms with Gasteiger partial charge in [0.15, 0.2) is 0 Å². The van der Waals surface area contributed by atoms with Crippen LogP contribution in [0.5, 0.6) is 0 Å². The van der Waals surface area contributed by atoms with E-state index in [0.29, 0.717) is 5.69 Å². The summed E-state index contributed by atoms with van der Waals surface area (Å²) in [6.07, 6.45) is 4.08. The molecule has 1 rings (SSSR count). The van der Waals surface area contributed by atoms with E-state index in [-0.39, 0.29) is 6.54 Å². The van der Waals surface area contributed by atoms with Gasteiger partial charge in [0.2, 0.25) is 0 Å². The molecule has 0 aliphatic heterocycles. The summed E-state index contributed by atoms with van der Waals surface area (Å²) in [4.78, 5) is 12.1. The highest BCUT2D eigenvalue weighted by atomic mass is 127. The highest BCUT2D eigenvalue weighted by Gasteiger charge is 2.13. The molecule has 1 aromatic carbocycles. The van der Waals surface area contributed by atoms with Crippen molar-refractivity contribution in [3.05, 3.63) is 27.3 Å². The smallest absolute Gasteiger partial charge is 0.412 e. The molecule has 0 fully saturated rings. The zero-order valence-electron chi connectivity index (χ0n) is 8.20. The van der Waals surface area contributed by atoms with E-state index in [0.717, 1.165) is 14.0 Å². The number of benzene rings is 1. The normalized spacial score (nSPS) is 9.40. The molecule has 78 valence electrons. The van der Waals surface area contributed by atoms with Gasteiger partial charge in [-0.15, -0.1) is 6.42 Å². The van der Waals surface area contributed by atoms with Crippen molar-refractivity contribution in [3.8, 4) is 12.3 Å². The van der Waals surface area contributed by atoms with Gasteiger partial charge in [-0.3, -0.25) is 4.90 Å². The Morgan fingerprint density at radius 1 is 1.67 bits per heavy atom. The molecule has 0 radical (unpaired) electrons. The van der Waals surface area contributed by atoms with Crippen LogP contribution in [0, 0.1) is 22.8 Å². The summed E-state index contributed by atoms with van der Waals surface area (Å²) in [6, 6.07) is 5.44. The summed E-state index contributed by atoms with van der Waals surface area (Å²) in [5.74, 6) is 2.32. The van der Waals surface area contributed by atoms with Crippen molar-refractivity contribution in [1.29, 1.82) is 0 Å². The summed E-state index contributed by atoms with van der Waals surface area (Å²) < 4.78 is 1.02. The minimum Gasteiger partial charge on any atom is -0.465 e. The number of rotatable bonds is 2. The van der Waals surface area contributed by atoms with Crippen LogP contribution in [0.4, 0.5) is 10.5 Å². The monoisotopic (exact) mass is 315 g/mol. The van der Waals surface area contributed by atoms with Crippen LogP contribution in [-0.4, -0.2) is 17.7 Å². The second kappa shape index (κ2) is 5.03. The summed E-state index contributed by atoms with van der Waals surface area (Å²) in [6.45, 7) is 2.03. The Morgan fingerprint density at radius 2 is 2.33 bits per heavy atom. The maximum atomic E-state index is 10.9. The minimum atomic E-state index is -1.03. The fraction of sp³-hybridized carbons (Fsp3) is 0.182. The predicted molar refractivity (Wildman–Crippen MR) is 68.1 cm³/mol. The lowest BCUT2D eigenvalue weighted by atomic mass is 10.2. The number of anilines is 1. The number of hydrogen-bond acceptors (Lipinski definition) is 1. The number of carbonyl (C=O) groups is 1. The van der Waals surface area contributed by atoms with Crippen LogP contribution >= 0.6 is 22.6 Å². The highest BCUT2D eigenvalue weighted by molar-refractivity contribution is 14.1. The number of aryl methyl sites for hydroxylation is 1. The van der Waals surface area contributed by atoms with Crippen molar-refractivity contribution >= 4 is 34.4 Å². The molecule has 0 saturated carbocycles. The fourth-order valence-corrected chi connectivity index (χ4v) is 1.61. The second-order valence-electron chi connectivity index (χ2n) is 3.01. The molecule has 0 spiro atoms. The lowest BCUT2D eigenvalue weighted by molar-refractivity contribution is 0.202. The van der Waals surface area contributed by atoms with E-state index < -0.39 is 6.09 Å². The molecular formula is C11H10INO2. The van der Waals surface area contributed by atoms with E-state index in [1.807, 2.05) is 13.0 Å². The van der Waals surface area contributed by atoms with Crippen LogP contribution in [0.2, 0.25) is 0 Å². The number of terminal acetylenes is 1. The largest absolute Gasteiger partial charge is 0.465 e. The van der Waals surface area contributed by atoms with Gasteiger partial charge in [0, 0.05) is 9.26 Å².